The molecule has 0 heterocycles. The summed E-state index contributed by atoms with van der Waals surface area (Å²) in [5.74, 6) is 0.605. The fraction of sp³-hybridized carbons (Fsp3) is 0.316. The van der Waals surface area contributed by atoms with Gasteiger partial charge in [-0.3, -0.25) is 0 Å². The number of ether oxygens (including phenoxy) is 1. The second-order valence-electron chi connectivity index (χ2n) is 5.83. The first-order chi connectivity index (χ1) is 10.8. The Hall–Kier alpha value is -2.13. The number of rotatable bonds is 7. The third-order valence-corrected chi connectivity index (χ3v) is 3.86. The van der Waals surface area contributed by atoms with Gasteiger partial charge in [0, 0.05) is 6.54 Å². The predicted octanol–water partition coefficient (Wildman–Crippen LogP) is 3.54. The highest BCUT2D eigenvalue weighted by molar-refractivity contribution is 5.89. The zero-order valence-corrected chi connectivity index (χ0v) is 12.6. The number of carbonyl (C=O) groups is 1. The van der Waals surface area contributed by atoms with Crippen molar-refractivity contribution < 1.29 is 9.53 Å². The van der Waals surface area contributed by atoms with Crippen LogP contribution in [-0.4, -0.2) is 12.5 Å². The molecule has 1 saturated carbocycles. The maximum atomic E-state index is 12.0. The number of nitrogens with one attached hydrogen (secondary N) is 1. The van der Waals surface area contributed by atoms with Gasteiger partial charge in [-0.1, -0.05) is 42.5 Å². The Kier molecular flexibility index (Phi) is 4.86. The standard InChI is InChI=1S/C19H21NO2/c21-19(22-14-17-4-2-1-3-5-17)18-10-8-16(9-11-18)13-20-12-15-6-7-15/h1-5,8-11,15,20H,6-7,12-14H2. The van der Waals surface area contributed by atoms with Gasteiger partial charge in [-0.25, -0.2) is 4.79 Å². The summed E-state index contributed by atoms with van der Waals surface area (Å²) >= 11 is 0. The zero-order valence-electron chi connectivity index (χ0n) is 12.6. The quantitative estimate of drug-likeness (QED) is 0.794. The molecule has 0 radical (unpaired) electrons. The summed E-state index contributed by atoms with van der Waals surface area (Å²) in [6, 6.07) is 17.4. The number of hydrogen-bond donors (Lipinski definition) is 1. The SMILES string of the molecule is O=C(OCc1ccccc1)c1ccc(CNCC2CC2)cc1. The van der Waals surface area contributed by atoms with Crippen LogP contribution in [-0.2, 0) is 17.9 Å². The maximum Gasteiger partial charge on any atom is 0.338 e. The fourth-order valence-electron chi connectivity index (χ4n) is 2.31. The van der Waals surface area contributed by atoms with Gasteiger partial charge < -0.3 is 10.1 Å². The first-order valence-corrected chi connectivity index (χ1v) is 7.82. The van der Waals surface area contributed by atoms with E-state index in [1.165, 1.54) is 18.4 Å². The Balaban J connectivity index is 1.47. The van der Waals surface area contributed by atoms with Crippen molar-refractivity contribution in [3.8, 4) is 0 Å². The van der Waals surface area contributed by atoms with Gasteiger partial charge in [-0.2, -0.15) is 0 Å². The van der Waals surface area contributed by atoms with E-state index in [-0.39, 0.29) is 5.97 Å². The first kappa shape index (κ1) is 14.8. The van der Waals surface area contributed by atoms with Crippen LogP contribution in [0.25, 0.3) is 0 Å². The molecule has 2 aromatic carbocycles. The van der Waals surface area contributed by atoms with Crippen LogP contribution in [0.1, 0.15) is 34.3 Å². The van der Waals surface area contributed by atoms with E-state index in [1.54, 1.807) is 0 Å². The predicted molar refractivity (Wildman–Crippen MR) is 86.4 cm³/mol. The molecule has 0 spiro atoms. The number of carbonyl (C=O) groups excluding carboxylic acids is 1. The van der Waals surface area contributed by atoms with Gasteiger partial charge in [-0.15, -0.1) is 0 Å². The molecule has 114 valence electrons. The van der Waals surface area contributed by atoms with Crippen molar-refractivity contribution in [1.29, 1.82) is 0 Å². The van der Waals surface area contributed by atoms with Crippen LogP contribution in [0.15, 0.2) is 54.6 Å². The molecule has 0 atom stereocenters. The van der Waals surface area contributed by atoms with E-state index in [0.29, 0.717) is 12.2 Å². The molecule has 1 aliphatic carbocycles. The second kappa shape index (κ2) is 7.23. The van der Waals surface area contributed by atoms with Gasteiger partial charge in [-0.05, 0) is 48.6 Å². The van der Waals surface area contributed by atoms with Crippen molar-refractivity contribution in [3.05, 3.63) is 71.3 Å². The Morgan fingerprint density at radius 2 is 1.73 bits per heavy atom. The molecular weight excluding hydrogens is 274 g/mol. The molecule has 0 aromatic heterocycles. The maximum absolute atomic E-state index is 12.0. The van der Waals surface area contributed by atoms with E-state index in [1.807, 2.05) is 54.6 Å². The molecule has 3 rings (SSSR count). The van der Waals surface area contributed by atoms with Gasteiger partial charge in [0.05, 0.1) is 5.56 Å². The lowest BCUT2D eigenvalue weighted by Crippen LogP contribution is -2.16. The normalized spacial score (nSPS) is 13.8. The van der Waals surface area contributed by atoms with Crippen LogP contribution < -0.4 is 5.32 Å². The third-order valence-electron chi connectivity index (χ3n) is 3.86. The van der Waals surface area contributed by atoms with Crippen LogP contribution in [0.4, 0.5) is 0 Å². The largest absolute Gasteiger partial charge is 0.457 e. The Morgan fingerprint density at radius 1 is 1.00 bits per heavy atom. The molecule has 1 aliphatic rings. The van der Waals surface area contributed by atoms with Crippen molar-refractivity contribution in [2.24, 2.45) is 5.92 Å². The van der Waals surface area contributed by atoms with Gasteiger partial charge in [0.15, 0.2) is 0 Å². The fourth-order valence-corrected chi connectivity index (χ4v) is 2.31. The third kappa shape index (κ3) is 4.43. The molecule has 0 bridgehead atoms. The van der Waals surface area contributed by atoms with Gasteiger partial charge in [0.25, 0.3) is 0 Å². The highest BCUT2D eigenvalue weighted by atomic mass is 16.5. The highest BCUT2D eigenvalue weighted by Crippen LogP contribution is 2.27. The lowest BCUT2D eigenvalue weighted by atomic mass is 10.1. The van der Waals surface area contributed by atoms with E-state index in [0.717, 1.165) is 24.6 Å². The topological polar surface area (TPSA) is 38.3 Å². The lowest BCUT2D eigenvalue weighted by molar-refractivity contribution is 0.0472. The monoisotopic (exact) mass is 295 g/mol. The Bertz CT molecular complexity index is 603. The number of esters is 1. The minimum Gasteiger partial charge on any atom is -0.457 e. The molecule has 0 unspecified atom stereocenters. The number of benzene rings is 2. The van der Waals surface area contributed by atoms with E-state index in [9.17, 15) is 4.79 Å². The minimum absolute atomic E-state index is 0.277. The molecule has 3 heteroatoms. The Morgan fingerprint density at radius 3 is 2.41 bits per heavy atom. The van der Waals surface area contributed by atoms with E-state index < -0.39 is 0 Å². The van der Waals surface area contributed by atoms with Gasteiger partial charge >= 0.3 is 5.97 Å². The van der Waals surface area contributed by atoms with Crippen LogP contribution in [0, 0.1) is 5.92 Å². The summed E-state index contributed by atoms with van der Waals surface area (Å²) in [5, 5.41) is 3.44. The van der Waals surface area contributed by atoms with Crippen molar-refractivity contribution in [2.45, 2.75) is 26.0 Å². The molecule has 1 fully saturated rings. The van der Waals surface area contributed by atoms with E-state index in [4.69, 9.17) is 4.74 Å². The average molecular weight is 295 g/mol. The van der Waals surface area contributed by atoms with Crippen LogP contribution in [0.5, 0.6) is 0 Å². The molecule has 1 N–H and O–H groups in total. The smallest absolute Gasteiger partial charge is 0.338 e. The summed E-state index contributed by atoms with van der Waals surface area (Å²) in [6.07, 6.45) is 2.72. The summed E-state index contributed by atoms with van der Waals surface area (Å²) in [6.45, 7) is 2.26. The highest BCUT2D eigenvalue weighted by Gasteiger charge is 2.20. The summed E-state index contributed by atoms with van der Waals surface area (Å²) in [5.41, 5.74) is 2.79. The lowest BCUT2D eigenvalue weighted by Gasteiger charge is -2.07. The van der Waals surface area contributed by atoms with E-state index >= 15 is 0 Å². The number of hydrogen-bond acceptors (Lipinski definition) is 3. The minimum atomic E-state index is -0.277. The van der Waals surface area contributed by atoms with Crippen LogP contribution in [0.3, 0.4) is 0 Å². The van der Waals surface area contributed by atoms with Crippen molar-refractivity contribution in [2.75, 3.05) is 6.54 Å². The molecule has 0 amide bonds. The van der Waals surface area contributed by atoms with Gasteiger partial charge in [0.1, 0.15) is 6.61 Å². The van der Waals surface area contributed by atoms with Crippen molar-refractivity contribution in [1.82, 2.24) is 5.32 Å². The zero-order chi connectivity index (χ0) is 15.2. The van der Waals surface area contributed by atoms with Crippen LogP contribution in [0.2, 0.25) is 0 Å². The molecular formula is C19H21NO2. The second-order valence-corrected chi connectivity index (χ2v) is 5.83. The van der Waals surface area contributed by atoms with Gasteiger partial charge in [0.2, 0.25) is 0 Å². The first-order valence-electron chi connectivity index (χ1n) is 7.82. The molecule has 0 aliphatic heterocycles. The molecule has 3 nitrogen and oxygen atoms in total. The summed E-state index contributed by atoms with van der Waals surface area (Å²) in [4.78, 5) is 12.0. The summed E-state index contributed by atoms with van der Waals surface area (Å²) in [7, 11) is 0. The Labute approximate surface area is 131 Å². The molecule has 22 heavy (non-hydrogen) atoms. The van der Waals surface area contributed by atoms with Crippen molar-refractivity contribution >= 4 is 5.97 Å². The average Bonchev–Trinajstić information content (AvgIpc) is 3.38. The van der Waals surface area contributed by atoms with E-state index in [2.05, 4.69) is 5.32 Å². The molecule has 2 aromatic rings. The van der Waals surface area contributed by atoms with Crippen molar-refractivity contribution in [3.63, 3.8) is 0 Å². The van der Waals surface area contributed by atoms with Crippen LogP contribution >= 0.6 is 0 Å². The summed E-state index contributed by atoms with van der Waals surface area (Å²) < 4.78 is 5.32. The molecule has 0 saturated heterocycles.